The van der Waals surface area contributed by atoms with Gasteiger partial charge >= 0.3 is 5.97 Å². The summed E-state index contributed by atoms with van der Waals surface area (Å²) in [5.41, 5.74) is 4.80. The van der Waals surface area contributed by atoms with Gasteiger partial charge in [-0.25, -0.2) is 9.97 Å². The Labute approximate surface area is 118 Å². The van der Waals surface area contributed by atoms with Gasteiger partial charge in [-0.3, -0.25) is 4.79 Å². The maximum atomic E-state index is 10.7. The molecule has 20 heavy (non-hydrogen) atoms. The third-order valence-corrected chi connectivity index (χ3v) is 3.40. The van der Waals surface area contributed by atoms with Gasteiger partial charge < -0.3 is 5.11 Å². The molecule has 1 N–H and O–H groups in total. The molecule has 104 valence electrons. The Morgan fingerprint density at radius 3 is 2.25 bits per heavy atom. The van der Waals surface area contributed by atoms with Crippen LogP contribution in [0.2, 0.25) is 0 Å². The van der Waals surface area contributed by atoms with E-state index in [0.29, 0.717) is 12.2 Å². The van der Waals surface area contributed by atoms with Gasteiger partial charge in [-0.15, -0.1) is 0 Å². The van der Waals surface area contributed by atoms with Gasteiger partial charge in [0.1, 0.15) is 0 Å². The predicted molar refractivity (Wildman–Crippen MR) is 77.6 cm³/mol. The van der Waals surface area contributed by atoms with Crippen LogP contribution >= 0.6 is 0 Å². The molecule has 0 aliphatic heterocycles. The third kappa shape index (κ3) is 3.02. The fourth-order valence-corrected chi connectivity index (χ4v) is 2.28. The number of benzene rings is 1. The quantitative estimate of drug-likeness (QED) is 0.927. The van der Waals surface area contributed by atoms with E-state index in [1.807, 2.05) is 45.0 Å². The van der Waals surface area contributed by atoms with E-state index < -0.39 is 5.97 Å². The lowest BCUT2D eigenvalue weighted by Gasteiger charge is -2.11. The van der Waals surface area contributed by atoms with Gasteiger partial charge in [0.2, 0.25) is 0 Å². The van der Waals surface area contributed by atoms with Crippen LogP contribution < -0.4 is 0 Å². The molecule has 2 aromatic rings. The first-order valence-electron chi connectivity index (χ1n) is 6.61. The molecule has 4 nitrogen and oxygen atoms in total. The van der Waals surface area contributed by atoms with Crippen molar-refractivity contribution in [2.45, 2.75) is 33.6 Å². The second-order valence-electron chi connectivity index (χ2n) is 4.91. The average molecular weight is 270 g/mol. The number of carbonyl (C=O) groups is 1. The molecule has 0 bridgehead atoms. The zero-order valence-electron chi connectivity index (χ0n) is 12.0. The summed E-state index contributed by atoms with van der Waals surface area (Å²) in [4.78, 5) is 19.8. The standard InChI is InChI=1S/C16H18N2O2/c1-10-6-4-5-7-13(10)16-17-11(2)14(12(3)18-16)8-9-15(19)20/h4-7H,8-9H2,1-3H3,(H,19,20). The van der Waals surface area contributed by atoms with Crippen LogP contribution in [0.5, 0.6) is 0 Å². The van der Waals surface area contributed by atoms with Crippen molar-refractivity contribution in [3.8, 4) is 11.4 Å². The minimum atomic E-state index is -0.799. The van der Waals surface area contributed by atoms with Crippen molar-refractivity contribution in [3.05, 3.63) is 46.8 Å². The molecule has 2 rings (SSSR count). The Morgan fingerprint density at radius 1 is 1.10 bits per heavy atom. The second-order valence-corrected chi connectivity index (χ2v) is 4.91. The van der Waals surface area contributed by atoms with E-state index >= 15 is 0 Å². The Balaban J connectivity index is 2.40. The Kier molecular flexibility index (Phi) is 4.13. The van der Waals surface area contributed by atoms with Gasteiger partial charge in [0.05, 0.1) is 0 Å². The van der Waals surface area contributed by atoms with Gasteiger partial charge in [0.25, 0.3) is 0 Å². The molecule has 0 amide bonds. The Morgan fingerprint density at radius 2 is 1.70 bits per heavy atom. The molecular formula is C16H18N2O2. The largest absolute Gasteiger partial charge is 0.481 e. The topological polar surface area (TPSA) is 63.1 Å². The number of aryl methyl sites for hydroxylation is 3. The molecule has 1 aromatic carbocycles. The SMILES string of the molecule is Cc1ccccc1-c1nc(C)c(CCC(=O)O)c(C)n1. The first-order valence-corrected chi connectivity index (χ1v) is 6.61. The van der Waals surface area contributed by atoms with Crippen molar-refractivity contribution < 1.29 is 9.90 Å². The van der Waals surface area contributed by atoms with Crippen molar-refractivity contribution >= 4 is 5.97 Å². The molecule has 1 heterocycles. The van der Waals surface area contributed by atoms with Crippen molar-refractivity contribution in [2.75, 3.05) is 0 Å². The van der Waals surface area contributed by atoms with E-state index in [0.717, 1.165) is 28.1 Å². The number of hydrogen-bond acceptors (Lipinski definition) is 3. The molecule has 1 aromatic heterocycles. The van der Waals surface area contributed by atoms with Crippen LogP contribution in [0.3, 0.4) is 0 Å². The van der Waals surface area contributed by atoms with Crippen molar-refractivity contribution in [3.63, 3.8) is 0 Å². The monoisotopic (exact) mass is 270 g/mol. The van der Waals surface area contributed by atoms with Crippen LogP contribution in [-0.4, -0.2) is 21.0 Å². The van der Waals surface area contributed by atoms with Crippen LogP contribution in [0, 0.1) is 20.8 Å². The van der Waals surface area contributed by atoms with Crippen molar-refractivity contribution in [2.24, 2.45) is 0 Å². The Hall–Kier alpha value is -2.23. The number of carboxylic acids is 1. The first-order chi connectivity index (χ1) is 9.49. The van der Waals surface area contributed by atoms with Crippen LogP contribution in [0.1, 0.15) is 28.9 Å². The van der Waals surface area contributed by atoms with Gasteiger partial charge in [-0.05, 0) is 38.3 Å². The van der Waals surface area contributed by atoms with Gasteiger partial charge in [0.15, 0.2) is 5.82 Å². The fourth-order valence-electron chi connectivity index (χ4n) is 2.28. The lowest BCUT2D eigenvalue weighted by atomic mass is 10.0. The van der Waals surface area contributed by atoms with Gasteiger partial charge in [-0.2, -0.15) is 0 Å². The third-order valence-electron chi connectivity index (χ3n) is 3.40. The van der Waals surface area contributed by atoms with Crippen molar-refractivity contribution in [1.82, 2.24) is 9.97 Å². The van der Waals surface area contributed by atoms with E-state index in [1.165, 1.54) is 0 Å². The fraction of sp³-hybridized carbons (Fsp3) is 0.312. The highest BCUT2D eigenvalue weighted by Gasteiger charge is 2.12. The summed E-state index contributed by atoms with van der Waals surface area (Å²) in [6.07, 6.45) is 0.579. The zero-order chi connectivity index (χ0) is 14.7. The molecule has 0 spiro atoms. The first kappa shape index (κ1) is 14.2. The van der Waals surface area contributed by atoms with E-state index in [-0.39, 0.29) is 6.42 Å². The summed E-state index contributed by atoms with van der Waals surface area (Å²) in [6.45, 7) is 5.85. The van der Waals surface area contributed by atoms with Crippen LogP contribution in [0.25, 0.3) is 11.4 Å². The molecule has 0 atom stereocenters. The number of aliphatic carboxylic acids is 1. The number of hydrogen-bond donors (Lipinski definition) is 1. The van der Waals surface area contributed by atoms with E-state index in [9.17, 15) is 4.79 Å². The smallest absolute Gasteiger partial charge is 0.303 e. The second kappa shape index (κ2) is 5.82. The maximum Gasteiger partial charge on any atom is 0.303 e. The molecule has 4 heteroatoms. The molecule has 0 radical (unpaired) electrons. The summed E-state index contributed by atoms with van der Waals surface area (Å²) in [6, 6.07) is 7.98. The molecule has 0 saturated heterocycles. The molecule has 0 saturated carbocycles. The zero-order valence-corrected chi connectivity index (χ0v) is 12.0. The number of carboxylic acid groups (broad SMARTS) is 1. The summed E-state index contributed by atoms with van der Waals surface area (Å²) in [5, 5.41) is 8.78. The number of aromatic nitrogens is 2. The minimum Gasteiger partial charge on any atom is -0.481 e. The van der Waals surface area contributed by atoms with Crippen molar-refractivity contribution in [1.29, 1.82) is 0 Å². The highest BCUT2D eigenvalue weighted by atomic mass is 16.4. The number of nitrogens with zero attached hydrogens (tertiary/aromatic N) is 2. The highest BCUT2D eigenvalue weighted by molar-refractivity contribution is 5.67. The lowest BCUT2D eigenvalue weighted by molar-refractivity contribution is -0.136. The molecular weight excluding hydrogens is 252 g/mol. The van der Waals surface area contributed by atoms with Crippen LogP contribution in [0.15, 0.2) is 24.3 Å². The van der Waals surface area contributed by atoms with E-state index in [4.69, 9.17) is 5.11 Å². The minimum absolute atomic E-state index is 0.106. The number of rotatable bonds is 4. The molecule has 0 fully saturated rings. The highest BCUT2D eigenvalue weighted by Crippen LogP contribution is 2.22. The van der Waals surface area contributed by atoms with E-state index in [1.54, 1.807) is 0 Å². The summed E-state index contributed by atoms with van der Waals surface area (Å²) < 4.78 is 0. The summed E-state index contributed by atoms with van der Waals surface area (Å²) in [7, 11) is 0. The van der Waals surface area contributed by atoms with Crippen LogP contribution in [-0.2, 0) is 11.2 Å². The molecule has 0 unspecified atom stereocenters. The maximum absolute atomic E-state index is 10.7. The van der Waals surface area contributed by atoms with Crippen LogP contribution in [0.4, 0.5) is 0 Å². The summed E-state index contributed by atoms with van der Waals surface area (Å²) in [5.74, 6) is -0.0936. The van der Waals surface area contributed by atoms with Gasteiger partial charge in [0, 0.05) is 23.4 Å². The molecule has 0 aliphatic carbocycles. The average Bonchev–Trinajstić information content (AvgIpc) is 2.37. The van der Waals surface area contributed by atoms with E-state index in [2.05, 4.69) is 9.97 Å². The molecule has 0 aliphatic rings. The Bertz CT molecular complexity index is 628. The predicted octanol–water partition coefficient (Wildman–Crippen LogP) is 3.09. The van der Waals surface area contributed by atoms with Gasteiger partial charge in [-0.1, -0.05) is 24.3 Å². The normalized spacial score (nSPS) is 10.6. The summed E-state index contributed by atoms with van der Waals surface area (Å²) >= 11 is 0. The lowest BCUT2D eigenvalue weighted by Crippen LogP contribution is -2.06.